The van der Waals surface area contributed by atoms with Crippen LogP contribution in [0.4, 0.5) is 0 Å². The van der Waals surface area contributed by atoms with Crippen molar-refractivity contribution >= 4 is 70.9 Å². The van der Waals surface area contributed by atoms with Crippen LogP contribution in [-0.4, -0.2) is 13.5 Å². The van der Waals surface area contributed by atoms with Crippen molar-refractivity contribution in [3.8, 4) is 22.5 Å². The Kier molecular flexibility index (Phi) is 4.84. The van der Waals surface area contributed by atoms with Crippen LogP contribution in [0, 0.1) is 0 Å². The van der Waals surface area contributed by atoms with Crippen molar-refractivity contribution in [1.82, 2.24) is 13.5 Å². The molecule has 0 unspecified atom stereocenters. The van der Waals surface area contributed by atoms with Crippen molar-refractivity contribution in [3.05, 3.63) is 164 Å². The fourth-order valence-corrected chi connectivity index (χ4v) is 8.32. The molecular formula is C44H27N3. The van der Waals surface area contributed by atoms with E-state index in [1.807, 2.05) is 0 Å². The first kappa shape index (κ1) is 24.9. The minimum Gasteiger partial charge on any atom is -0.309 e. The molecule has 3 heteroatoms. The number of nitrogens with zero attached hydrogens (tertiary/aromatic N) is 3. The molecule has 0 amide bonds. The van der Waals surface area contributed by atoms with E-state index in [0.29, 0.717) is 0 Å². The van der Waals surface area contributed by atoms with Gasteiger partial charge in [-0.3, -0.25) is 0 Å². The molecule has 0 fully saturated rings. The molecule has 0 saturated carbocycles. The molecule has 11 rings (SSSR count). The number of rotatable bonds is 3. The molecule has 5 heterocycles. The van der Waals surface area contributed by atoms with Gasteiger partial charge in [-0.25, -0.2) is 0 Å². The van der Waals surface area contributed by atoms with Gasteiger partial charge in [-0.05, 0) is 65.7 Å². The van der Waals surface area contributed by atoms with Crippen LogP contribution in [0.15, 0.2) is 164 Å². The topological polar surface area (TPSA) is 14.3 Å². The lowest BCUT2D eigenvalue weighted by atomic mass is 9.99. The monoisotopic (exact) mass is 597 g/mol. The Morgan fingerprint density at radius 2 is 0.851 bits per heavy atom. The summed E-state index contributed by atoms with van der Waals surface area (Å²) in [5.41, 5.74) is 13.5. The fraction of sp³-hybridized carbons (Fsp3) is 0. The third-order valence-corrected chi connectivity index (χ3v) is 10.2. The molecule has 0 aliphatic carbocycles. The summed E-state index contributed by atoms with van der Waals surface area (Å²) in [5, 5.41) is 7.73. The van der Waals surface area contributed by atoms with E-state index < -0.39 is 0 Å². The Hall–Kier alpha value is -6.32. The molecule has 0 spiro atoms. The Labute approximate surface area is 270 Å². The van der Waals surface area contributed by atoms with E-state index >= 15 is 0 Å². The van der Waals surface area contributed by atoms with E-state index in [2.05, 4.69) is 177 Å². The van der Waals surface area contributed by atoms with Crippen LogP contribution in [0.3, 0.4) is 0 Å². The average Bonchev–Trinajstić information content (AvgIpc) is 3.86. The molecule has 0 N–H and O–H groups in total. The summed E-state index contributed by atoms with van der Waals surface area (Å²) >= 11 is 0. The molecule has 0 aliphatic heterocycles. The molecule has 5 aromatic heterocycles. The van der Waals surface area contributed by atoms with Gasteiger partial charge in [0.05, 0.1) is 38.6 Å². The lowest BCUT2D eigenvalue weighted by Gasteiger charge is -2.11. The van der Waals surface area contributed by atoms with E-state index in [-0.39, 0.29) is 0 Å². The molecule has 47 heavy (non-hydrogen) atoms. The third-order valence-electron chi connectivity index (χ3n) is 10.2. The van der Waals surface area contributed by atoms with E-state index in [1.165, 1.54) is 87.7 Å². The quantitative estimate of drug-likeness (QED) is 0.192. The van der Waals surface area contributed by atoms with E-state index in [9.17, 15) is 0 Å². The highest BCUT2D eigenvalue weighted by Crippen LogP contribution is 2.45. The predicted molar refractivity (Wildman–Crippen MR) is 198 cm³/mol. The molecule has 0 bridgehead atoms. The first-order valence-corrected chi connectivity index (χ1v) is 16.2. The van der Waals surface area contributed by atoms with Crippen molar-refractivity contribution in [3.63, 3.8) is 0 Å². The standard InChI is InChI=1S/C44H27N3/c1-2-12-29(13-3-1)45-37-19-8-6-16-34(37)41-31(18-10-22-39(41)45)28-24-26-30(27-25-28)46-38-20-9-7-17-35(38)42-40-23-11-21-36-32-14-4-5-15-33(32)43(44(42)46)47(36)40/h1-27H. The molecule has 218 valence electrons. The van der Waals surface area contributed by atoms with Gasteiger partial charge in [0.2, 0.25) is 0 Å². The lowest BCUT2D eigenvalue weighted by Crippen LogP contribution is -1.94. The molecule has 0 radical (unpaired) electrons. The zero-order chi connectivity index (χ0) is 30.6. The van der Waals surface area contributed by atoms with E-state index in [0.717, 1.165) is 5.69 Å². The number of fused-ring (bicyclic) bond motifs is 11. The minimum atomic E-state index is 1.16. The van der Waals surface area contributed by atoms with Gasteiger partial charge in [0.25, 0.3) is 0 Å². The van der Waals surface area contributed by atoms with Crippen LogP contribution in [0.2, 0.25) is 0 Å². The molecule has 0 aliphatic rings. The summed E-state index contributed by atoms with van der Waals surface area (Å²) < 4.78 is 7.33. The molecule has 0 atom stereocenters. The Morgan fingerprint density at radius 1 is 0.298 bits per heavy atom. The predicted octanol–water partition coefficient (Wildman–Crippen LogP) is 11.5. The minimum absolute atomic E-state index is 1.16. The van der Waals surface area contributed by atoms with Gasteiger partial charge in [-0.15, -0.1) is 0 Å². The van der Waals surface area contributed by atoms with Gasteiger partial charge in [0.15, 0.2) is 0 Å². The number of hydrogen-bond acceptors (Lipinski definition) is 0. The van der Waals surface area contributed by atoms with Crippen molar-refractivity contribution < 1.29 is 0 Å². The zero-order valence-corrected chi connectivity index (χ0v) is 25.4. The number of aromatic nitrogens is 3. The van der Waals surface area contributed by atoms with Crippen molar-refractivity contribution in [2.24, 2.45) is 0 Å². The molecule has 0 saturated heterocycles. The van der Waals surface area contributed by atoms with E-state index in [4.69, 9.17) is 0 Å². The van der Waals surface area contributed by atoms with Crippen LogP contribution in [-0.2, 0) is 0 Å². The SMILES string of the molecule is c1ccc(-n2c3ccccc3c3c(-c4ccc(-n5c6ccccc6c6c5c5c7ccccc7c7cccc6n75)cc4)cccc32)cc1. The second kappa shape index (κ2) is 9.12. The van der Waals surface area contributed by atoms with Crippen LogP contribution in [0.1, 0.15) is 0 Å². The zero-order valence-electron chi connectivity index (χ0n) is 25.4. The Bertz CT molecular complexity index is 2990. The fourth-order valence-electron chi connectivity index (χ4n) is 8.32. The van der Waals surface area contributed by atoms with Crippen molar-refractivity contribution in [1.29, 1.82) is 0 Å². The van der Waals surface area contributed by atoms with Crippen LogP contribution in [0.25, 0.3) is 93.4 Å². The first-order chi connectivity index (χ1) is 23.4. The van der Waals surface area contributed by atoms with Gasteiger partial charge < -0.3 is 13.5 Å². The largest absolute Gasteiger partial charge is 0.309 e. The maximum atomic E-state index is 2.48. The third kappa shape index (κ3) is 3.20. The number of benzene rings is 6. The summed E-state index contributed by atoms with van der Waals surface area (Å²) in [6.45, 7) is 0. The van der Waals surface area contributed by atoms with Gasteiger partial charge in [-0.1, -0.05) is 109 Å². The van der Waals surface area contributed by atoms with Gasteiger partial charge in [-0.2, -0.15) is 0 Å². The maximum absolute atomic E-state index is 2.48. The number of pyridine rings is 1. The van der Waals surface area contributed by atoms with Gasteiger partial charge in [0, 0.05) is 43.7 Å². The summed E-state index contributed by atoms with van der Waals surface area (Å²) in [6, 6.07) is 59.7. The first-order valence-electron chi connectivity index (χ1n) is 16.2. The van der Waals surface area contributed by atoms with Crippen molar-refractivity contribution in [2.75, 3.05) is 0 Å². The molecule has 6 aromatic carbocycles. The van der Waals surface area contributed by atoms with E-state index in [1.54, 1.807) is 0 Å². The van der Waals surface area contributed by atoms with Gasteiger partial charge in [0.1, 0.15) is 0 Å². The number of para-hydroxylation sites is 3. The normalized spacial score (nSPS) is 12.3. The summed E-state index contributed by atoms with van der Waals surface area (Å²) in [6.07, 6.45) is 0. The van der Waals surface area contributed by atoms with Crippen LogP contribution < -0.4 is 0 Å². The van der Waals surface area contributed by atoms with Crippen LogP contribution in [0.5, 0.6) is 0 Å². The highest BCUT2D eigenvalue weighted by Gasteiger charge is 2.24. The second-order valence-corrected chi connectivity index (χ2v) is 12.5. The molecule has 3 nitrogen and oxygen atoms in total. The maximum Gasteiger partial charge on any atom is 0.0810 e. The second-order valence-electron chi connectivity index (χ2n) is 12.5. The Balaban J connectivity index is 1.18. The highest BCUT2D eigenvalue weighted by molar-refractivity contribution is 6.29. The summed E-state index contributed by atoms with van der Waals surface area (Å²) in [7, 11) is 0. The average molecular weight is 598 g/mol. The number of hydrogen-bond donors (Lipinski definition) is 0. The molecule has 11 aromatic rings. The van der Waals surface area contributed by atoms with Crippen molar-refractivity contribution in [2.45, 2.75) is 0 Å². The Morgan fingerprint density at radius 3 is 1.64 bits per heavy atom. The lowest BCUT2D eigenvalue weighted by molar-refractivity contribution is 1.18. The summed E-state index contributed by atoms with van der Waals surface area (Å²) in [4.78, 5) is 0. The highest BCUT2D eigenvalue weighted by atomic mass is 15.0. The summed E-state index contributed by atoms with van der Waals surface area (Å²) in [5.74, 6) is 0. The smallest absolute Gasteiger partial charge is 0.0810 e. The molecular weight excluding hydrogens is 571 g/mol. The van der Waals surface area contributed by atoms with Crippen LogP contribution >= 0.6 is 0 Å². The van der Waals surface area contributed by atoms with Gasteiger partial charge >= 0.3 is 0 Å².